The predicted molar refractivity (Wildman–Crippen MR) is 135 cm³/mol. The number of ether oxygens (including phenoxy) is 2. The second-order valence-electron chi connectivity index (χ2n) is 8.94. The number of hydrogen-bond acceptors (Lipinski definition) is 6. The first-order valence-corrected chi connectivity index (χ1v) is 12.2. The molecule has 2 aromatic carbocycles. The molecule has 184 valence electrons. The number of nitrogens with zero attached hydrogens (tertiary/aromatic N) is 4. The SMILES string of the molecule is Cc1ccc(-c2cc(C(=O)N3CCN(Cc4ccc5c(c4)OCO5)CC3)n(-c3ccccc3Cl)n2)o1. The number of halogens is 1. The zero-order chi connectivity index (χ0) is 24.6. The number of piperazine rings is 1. The number of carbonyl (C=O) groups is 1. The minimum absolute atomic E-state index is 0.0836. The summed E-state index contributed by atoms with van der Waals surface area (Å²) in [6.45, 7) is 5.71. The van der Waals surface area contributed by atoms with Crippen molar-refractivity contribution in [1.82, 2.24) is 19.6 Å². The molecule has 0 unspecified atom stereocenters. The first kappa shape index (κ1) is 22.7. The lowest BCUT2D eigenvalue weighted by atomic mass is 10.1. The van der Waals surface area contributed by atoms with E-state index in [0.29, 0.717) is 40.9 Å². The summed E-state index contributed by atoms with van der Waals surface area (Å²) in [4.78, 5) is 17.9. The summed E-state index contributed by atoms with van der Waals surface area (Å²) in [5.41, 5.74) is 2.86. The van der Waals surface area contributed by atoms with E-state index < -0.39 is 0 Å². The second-order valence-corrected chi connectivity index (χ2v) is 9.35. The van der Waals surface area contributed by atoms with Gasteiger partial charge in [-0.2, -0.15) is 5.10 Å². The van der Waals surface area contributed by atoms with Crippen molar-refractivity contribution >= 4 is 17.5 Å². The van der Waals surface area contributed by atoms with Crippen LogP contribution in [-0.2, 0) is 6.54 Å². The van der Waals surface area contributed by atoms with E-state index in [-0.39, 0.29) is 12.7 Å². The van der Waals surface area contributed by atoms with Crippen molar-refractivity contribution in [2.75, 3.05) is 33.0 Å². The molecule has 4 aromatic rings. The van der Waals surface area contributed by atoms with Crippen LogP contribution in [0.4, 0.5) is 0 Å². The van der Waals surface area contributed by atoms with E-state index in [2.05, 4.69) is 11.0 Å². The number of hydrogen-bond donors (Lipinski definition) is 0. The Kier molecular flexibility index (Phi) is 5.91. The van der Waals surface area contributed by atoms with Crippen LogP contribution in [0.15, 0.2) is 65.1 Å². The quantitative estimate of drug-likeness (QED) is 0.389. The van der Waals surface area contributed by atoms with Crippen LogP contribution in [0.3, 0.4) is 0 Å². The van der Waals surface area contributed by atoms with Gasteiger partial charge in [0.2, 0.25) is 6.79 Å². The van der Waals surface area contributed by atoms with Crippen LogP contribution in [0.25, 0.3) is 17.1 Å². The van der Waals surface area contributed by atoms with Gasteiger partial charge in [-0.15, -0.1) is 0 Å². The Morgan fingerprint density at radius 2 is 1.78 bits per heavy atom. The number of carbonyl (C=O) groups excluding carboxylic acids is 1. The molecule has 36 heavy (non-hydrogen) atoms. The molecule has 1 saturated heterocycles. The van der Waals surface area contributed by atoms with Crippen molar-refractivity contribution in [3.8, 4) is 28.6 Å². The monoisotopic (exact) mass is 504 g/mol. The summed E-state index contributed by atoms with van der Waals surface area (Å²) >= 11 is 6.48. The topological polar surface area (TPSA) is 73.0 Å². The highest BCUT2D eigenvalue weighted by atomic mass is 35.5. The molecule has 1 fully saturated rings. The van der Waals surface area contributed by atoms with Gasteiger partial charge in [-0.3, -0.25) is 9.69 Å². The molecule has 9 heteroatoms. The zero-order valence-corrected chi connectivity index (χ0v) is 20.6. The Bertz CT molecular complexity index is 1420. The Morgan fingerprint density at radius 1 is 0.972 bits per heavy atom. The Balaban J connectivity index is 1.21. The maximum Gasteiger partial charge on any atom is 0.272 e. The van der Waals surface area contributed by atoms with E-state index in [9.17, 15) is 4.79 Å². The fourth-order valence-electron chi connectivity index (χ4n) is 4.60. The molecule has 2 aliphatic heterocycles. The molecule has 0 radical (unpaired) electrons. The summed E-state index contributed by atoms with van der Waals surface area (Å²) < 4.78 is 18.3. The highest BCUT2D eigenvalue weighted by molar-refractivity contribution is 6.32. The molecular formula is C27H25ClN4O4. The highest BCUT2D eigenvalue weighted by Gasteiger charge is 2.27. The molecule has 8 nitrogen and oxygen atoms in total. The summed E-state index contributed by atoms with van der Waals surface area (Å²) in [6.07, 6.45) is 0. The fraction of sp³-hybridized carbons (Fsp3) is 0.259. The Hall–Kier alpha value is -3.75. The van der Waals surface area contributed by atoms with Crippen LogP contribution in [0.2, 0.25) is 5.02 Å². The molecule has 6 rings (SSSR count). The minimum atomic E-state index is -0.0836. The third-order valence-corrected chi connectivity index (χ3v) is 6.82. The van der Waals surface area contributed by atoms with Crippen molar-refractivity contribution < 1.29 is 18.7 Å². The van der Waals surface area contributed by atoms with Crippen LogP contribution in [0.1, 0.15) is 21.8 Å². The number of amides is 1. The minimum Gasteiger partial charge on any atom is -0.460 e. The van der Waals surface area contributed by atoms with Gasteiger partial charge in [-0.1, -0.05) is 29.8 Å². The molecule has 2 aromatic heterocycles. The van der Waals surface area contributed by atoms with Crippen molar-refractivity contribution in [1.29, 1.82) is 0 Å². The summed E-state index contributed by atoms with van der Waals surface area (Å²) in [6, 6.07) is 18.9. The first-order valence-electron chi connectivity index (χ1n) is 11.9. The van der Waals surface area contributed by atoms with E-state index in [1.54, 1.807) is 16.8 Å². The second kappa shape index (κ2) is 9.37. The number of para-hydroxylation sites is 1. The lowest BCUT2D eigenvalue weighted by Crippen LogP contribution is -2.48. The van der Waals surface area contributed by atoms with Gasteiger partial charge in [-0.25, -0.2) is 4.68 Å². The van der Waals surface area contributed by atoms with Crippen LogP contribution >= 0.6 is 11.6 Å². The van der Waals surface area contributed by atoms with Gasteiger partial charge in [0.15, 0.2) is 17.3 Å². The van der Waals surface area contributed by atoms with Crippen LogP contribution in [0, 0.1) is 6.92 Å². The lowest BCUT2D eigenvalue weighted by molar-refractivity contribution is 0.0619. The van der Waals surface area contributed by atoms with E-state index in [1.165, 1.54) is 0 Å². The standard InChI is InChI=1S/C27H25ClN4O4/c1-18-6-8-24(36-18)21-15-23(32(29-21)22-5-3-2-4-20(22)28)27(33)31-12-10-30(11-13-31)16-19-7-9-25-26(14-19)35-17-34-25/h2-9,14-15H,10-13,16-17H2,1H3. The van der Waals surface area contributed by atoms with Crippen molar-refractivity contribution in [2.24, 2.45) is 0 Å². The Labute approximate surface area is 213 Å². The average Bonchev–Trinajstić information content (AvgIpc) is 3.64. The fourth-order valence-corrected chi connectivity index (χ4v) is 4.82. The molecule has 0 atom stereocenters. The maximum atomic E-state index is 13.7. The molecule has 0 saturated carbocycles. The number of rotatable bonds is 5. The van der Waals surface area contributed by atoms with Gasteiger partial charge < -0.3 is 18.8 Å². The third-order valence-electron chi connectivity index (χ3n) is 6.50. The van der Waals surface area contributed by atoms with E-state index in [1.807, 2.05) is 54.3 Å². The molecule has 4 heterocycles. The third kappa shape index (κ3) is 4.34. The van der Waals surface area contributed by atoms with Crippen molar-refractivity contribution in [3.63, 3.8) is 0 Å². The number of fused-ring (bicyclic) bond motifs is 1. The van der Waals surface area contributed by atoms with Gasteiger partial charge in [0.05, 0.1) is 10.7 Å². The van der Waals surface area contributed by atoms with Gasteiger partial charge in [-0.05, 0) is 48.9 Å². The van der Waals surface area contributed by atoms with Gasteiger partial charge in [0.25, 0.3) is 5.91 Å². The molecule has 2 aliphatic rings. The van der Waals surface area contributed by atoms with E-state index >= 15 is 0 Å². The van der Waals surface area contributed by atoms with E-state index in [0.717, 1.165) is 42.5 Å². The summed E-state index contributed by atoms with van der Waals surface area (Å²) in [5, 5.41) is 5.22. The maximum absolute atomic E-state index is 13.7. The van der Waals surface area contributed by atoms with Crippen molar-refractivity contribution in [2.45, 2.75) is 13.5 Å². The van der Waals surface area contributed by atoms with Gasteiger partial charge >= 0.3 is 0 Å². The summed E-state index contributed by atoms with van der Waals surface area (Å²) in [7, 11) is 0. The molecule has 1 amide bonds. The Morgan fingerprint density at radius 3 is 2.56 bits per heavy atom. The molecule has 0 aliphatic carbocycles. The first-order chi connectivity index (χ1) is 17.5. The number of furan rings is 1. The smallest absolute Gasteiger partial charge is 0.272 e. The largest absolute Gasteiger partial charge is 0.460 e. The molecule has 0 spiro atoms. The van der Waals surface area contributed by atoms with Crippen molar-refractivity contribution in [3.05, 3.63) is 82.7 Å². The average molecular weight is 505 g/mol. The molecular weight excluding hydrogens is 480 g/mol. The van der Waals surface area contributed by atoms with Gasteiger partial charge in [0.1, 0.15) is 17.1 Å². The highest BCUT2D eigenvalue weighted by Crippen LogP contribution is 2.33. The normalized spacial score (nSPS) is 15.4. The zero-order valence-electron chi connectivity index (χ0n) is 19.8. The number of benzene rings is 2. The van der Waals surface area contributed by atoms with Crippen LogP contribution in [0.5, 0.6) is 11.5 Å². The van der Waals surface area contributed by atoms with Crippen LogP contribution in [-0.4, -0.2) is 58.5 Å². The van der Waals surface area contributed by atoms with Crippen LogP contribution < -0.4 is 9.47 Å². The number of aryl methyl sites for hydroxylation is 1. The lowest BCUT2D eigenvalue weighted by Gasteiger charge is -2.34. The predicted octanol–water partition coefficient (Wildman–Crippen LogP) is 4.78. The summed E-state index contributed by atoms with van der Waals surface area (Å²) in [5.74, 6) is 2.88. The molecule has 0 N–H and O–H groups in total. The van der Waals surface area contributed by atoms with Gasteiger partial charge in [0, 0.05) is 38.8 Å². The number of aromatic nitrogens is 2. The molecule has 0 bridgehead atoms. The van der Waals surface area contributed by atoms with E-state index in [4.69, 9.17) is 30.6 Å².